The lowest BCUT2D eigenvalue weighted by Crippen LogP contribution is -2.32. The Kier molecular flexibility index (Phi) is 3.85. The van der Waals surface area contributed by atoms with Crippen molar-refractivity contribution in [2.45, 2.75) is 39.8 Å². The number of aromatic nitrogens is 1. The van der Waals surface area contributed by atoms with Crippen molar-refractivity contribution in [3.8, 4) is 0 Å². The molecule has 2 heteroatoms. The summed E-state index contributed by atoms with van der Waals surface area (Å²) in [6.45, 7) is 7.75. The van der Waals surface area contributed by atoms with Crippen LogP contribution in [0.25, 0.3) is 10.9 Å². The molecule has 0 aliphatic heterocycles. The molecule has 1 atom stereocenters. The fraction of sp³-hybridized carbons (Fsp3) is 0.467. The van der Waals surface area contributed by atoms with Gasteiger partial charge in [-0.3, -0.25) is 0 Å². The predicted molar refractivity (Wildman–Crippen MR) is 74.1 cm³/mol. The van der Waals surface area contributed by atoms with E-state index >= 15 is 0 Å². The van der Waals surface area contributed by atoms with E-state index in [-0.39, 0.29) is 0 Å². The molecule has 0 aliphatic carbocycles. The Morgan fingerprint density at radius 2 is 2.06 bits per heavy atom. The Labute approximate surface area is 103 Å². The zero-order chi connectivity index (χ0) is 12.3. The van der Waals surface area contributed by atoms with Gasteiger partial charge in [-0.25, -0.2) is 0 Å². The van der Waals surface area contributed by atoms with E-state index in [1.54, 1.807) is 0 Å². The molecule has 2 nitrogen and oxygen atoms in total. The summed E-state index contributed by atoms with van der Waals surface area (Å²) in [5.41, 5.74) is 2.57. The number of H-pyrrole nitrogens is 1. The third-order valence-corrected chi connectivity index (χ3v) is 3.43. The lowest BCUT2D eigenvalue weighted by atomic mass is 10.0. The van der Waals surface area contributed by atoms with Crippen LogP contribution in [0.15, 0.2) is 30.5 Å². The molecule has 0 bridgehead atoms. The third kappa shape index (κ3) is 2.89. The third-order valence-electron chi connectivity index (χ3n) is 3.43. The van der Waals surface area contributed by atoms with Gasteiger partial charge in [0.25, 0.3) is 0 Å². The zero-order valence-corrected chi connectivity index (χ0v) is 11.0. The van der Waals surface area contributed by atoms with Gasteiger partial charge in [0.05, 0.1) is 0 Å². The molecular weight excluding hydrogens is 208 g/mol. The molecule has 0 saturated heterocycles. The van der Waals surface area contributed by atoms with Crippen molar-refractivity contribution in [3.63, 3.8) is 0 Å². The van der Waals surface area contributed by atoms with Crippen LogP contribution >= 0.6 is 0 Å². The largest absolute Gasteiger partial charge is 0.361 e. The summed E-state index contributed by atoms with van der Waals surface area (Å²) in [5, 5.41) is 4.93. The minimum absolute atomic E-state index is 0.608. The molecule has 92 valence electrons. The van der Waals surface area contributed by atoms with Gasteiger partial charge >= 0.3 is 0 Å². The number of fused-ring (bicyclic) bond motifs is 1. The van der Waals surface area contributed by atoms with Crippen molar-refractivity contribution >= 4 is 10.9 Å². The topological polar surface area (TPSA) is 27.8 Å². The number of rotatable bonds is 5. The second-order valence-electron chi connectivity index (χ2n) is 5.04. The summed E-state index contributed by atoms with van der Waals surface area (Å²) in [6.07, 6.45) is 3.18. The van der Waals surface area contributed by atoms with E-state index < -0.39 is 0 Å². The minimum Gasteiger partial charge on any atom is -0.361 e. The second kappa shape index (κ2) is 5.37. The van der Waals surface area contributed by atoms with Crippen LogP contribution in [0.4, 0.5) is 0 Å². The van der Waals surface area contributed by atoms with E-state index in [2.05, 4.69) is 55.3 Å². The van der Waals surface area contributed by atoms with Crippen LogP contribution in [-0.2, 0) is 6.54 Å². The van der Waals surface area contributed by atoms with E-state index in [9.17, 15) is 0 Å². The highest BCUT2D eigenvalue weighted by Crippen LogP contribution is 2.15. The van der Waals surface area contributed by atoms with Gasteiger partial charge in [0.1, 0.15) is 0 Å². The first-order chi connectivity index (χ1) is 8.20. The number of benzene rings is 1. The highest BCUT2D eigenvalue weighted by molar-refractivity contribution is 5.79. The van der Waals surface area contributed by atoms with Crippen molar-refractivity contribution in [3.05, 3.63) is 36.0 Å². The molecule has 1 aromatic carbocycles. The maximum Gasteiger partial charge on any atom is 0.0454 e. The SMILES string of the molecule is CCC(NCc1ccc2[nH]ccc2c1)C(C)C. The van der Waals surface area contributed by atoms with Gasteiger partial charge in [-0.1, -0.05) is 26.8 Å². The molecule has 0 saturated carbocycles. The average Bonchev–Trinajstić information content (AvgIpc) is 2.76. The van der Waals surface area contributed by atoms with E-state index in [4.69, 9.17) is 0 Å². The summed E-state index contributed by atoms with van der Waals surface area (Å²) >= 11 is 0. The minimum atomic E-state index is 0.608. The number of nitrogens with one attached hydrogen (secondary N) is 2. The Morgan fingerprint density at radius 3 is 2.76 bits per heavy atom. The fourth-order valence-corrected chi connectivity index (χ4v) is 2.31. The fourth-order valence-electron chi connectivity index (χ4n) is 2.31. The summed E-state index contributed by atoms with van der Waals surface area (Å²) < 4.78 is 0. The van der Waals surface area contributed by atoms with Crippen molar-refractivity contribution in [2.75, 3.05) is 0 Å². The van der Waals surface area contributed by atoms with Crippen LogP contribution < -0.4 is 5.32 Å². The molecule has 0 aliphatic rings. The standard InChI is InChI=1S/C15H22N2/c1-4-14(11(2)3)17-10-12-5-6-15-13(9-12)7-8-16-15/h5-9,11,14,16-17H,4,10H2,1-3H3. The molecule has 2 N–H and O–H groups in total. The van der Waals surface area contributed by atoms with Crippen molar-refractivity contribution in [1.29, 1.82) is 0 Å². The first kappa shape index (κ1) is 12.2. The Bertz CT molecular complexity index is 470. The quantitative estimate of drug-likeness (QED) is 0.805. The molecule has 0 fully saturated rings. The summed E-state index contributed by atoms with van der Waals surface area (Å²) in [4.78, 5) is 3.22. The van der Waals surface area contributed by atoms with E-state index in [0.717, 1.165) is 6.54 Å². The van der Waals surface area contributed by atoms with E-state index in [1.807, 2.05) is 6.20 Å². The lowest BCUT2D eigenvalue weighted by Gasteiger charge is -2.20. The smallest absolute Gasteiger partial charge is 0.0454 e. The molecule has 1 unspecified atom stereocenters. The Balaban J connectivity index is 2.02. The predicted octanol–water partition coefficient (Wildman–Crippen LogP) is 3.69. The van der Waals surface area contributed by atoms with Crippen molar-refractivity contribution < 1.29 is 0 Å². The van der Waals surface area contributed by atoms with Gasteiger partial charge < -0.3 is 10.3 Å². The highest BCUT2D eigenvalue weighted by atomic mass is 14.9. The monoisotopic (exact) mass is 230 g/mol. The lowest BCUT2D eigenvalue weighted by molar-refractivity contribution is 0.387. The van der Waals surface area contributed by atoms with Crippen LogP contribution in [0.5, 0.6) is 0 Å². The summed E-state index contributed by atoms with van der Waals surface area (Å²) in [7, 11) is 0. The second-order valence-corrected chi connectivity index (χ2v) is 5.04. The molecule has 17 heavy (non-hydrogen) atoms. The molecule has 0 amide bonds. The number of hydrogen-bond acceptors (Lipinski definition) is 1. The van der Waals surface area contributed by atoms with Gasteiger partial charge in [-0.2, -0.15) is 0 Å². The van der Waals surface area contributed by atoms with Gasteiger partial charge in [0.2, 0.25) is 0 Å². The first-order valence-electron chi connectivity index (χ1n) is 6.50. The van der Waals surface area contributed by atoms with Crippen LogP contribution in [0.1, 0.15) is 32.8 Å². The van der Waals surface area contributed by atoms with Crippen LogP contribution in [0.2, 0.25) is 0 Å². The number of aromatic amines is 1. The molecule has 2 aromatic rings. The first-order valence-corrected chi connectivity index (χ1v) is 6.50. The Hall–Kier alpha value is -1.28. The van der Waals surface area contributed by atoms with Crippen LogP contribution in [0, 0.1) is 5.92 Å². The molecule has 0 spiro atoms. The normalized spacial score (nSPS) is 13.4. The van der Waals surface area contributed by atoms with Crippen LogP contribution in [-0.4, -0.2) is 11.0 Å². The van der Waals surface area contributed by atoms with Gasteiger partial charge in [-0.15, -0.1) is 0 Å². The van der Waals surface area contributed by atoms with E-state index in [0.29, 0.717) is 12.0 Å². The molecule has 1 aromatic heterocycles. The van der Waals surface area contributed by atoms with E-state index in [1.165, 1.54) is 22.9 Å². The average molecular weight is 230 g/mol. The zero-order valence-electron chi connectivity index (χ0n) is 11.0. The summed E-state index contributed by atoms with van der Waals surface area (Å²) in [6, 6.07) is 9.34. The van der Waals surface area contributed by atoms with Crippen molar-refractivity contribution in [1.82, 2.24) is 10.3 Å². The maximum absolute atomic E-state index is 3.63. The maximum atomic E-state index is 3.63. The summed E-state index contributed by atoms with van der Waals surface area (Å²) in [5.74, 6) is 0.691. The van der Waals surface area contributed by atoms with Gasteiger partial charge in [0.15, 0.2) is 0 Å². The number of hydrogen-bond donors (Lipinski definition) is 2. The van der Waals surface area contributed by atoms with Gasteiger partial charge in [-0.05, 0) is 41.5 Å². The molecule has 0 radical (unpaired) electrons. The molecule has 2 rings (SSSR count). The van der Waals surface area contributed by atoms with Crippen LogP contribution in [0.3, 0.4) is 0 Å². The molecular formula is C15H22N2. The Morgan fingerprint density at radius 1 is 1.24 bits per heavy atom. The molecule has 1 heterocycles. The van der Waals surface area contributed by atoms with Gasteiger partial charge in [0, 0.05) is 24.3 Å². The van der Waals surface area contributed by atoms with Crippen molar-refractivity contribution in [2.24, 2.45) is 5.92 Å². The highest BCUT2D eigenvalue weighted by Gasteiger charge is 2.09.